The Hall–Kier alpha value is -0.440. The number of rotatable bonds is 1. The van der Waals surface area contributed by atoms with Gasteiger partial charge in [0.15, 0.2) is 0 Å². The van der Waals surface area contributed by atoms with Crippen molar-refractivity contribution in [3.8, 4) is 0 Å². The van der Waals surface area contributed by atoms with Gasteiger partial charge in [0, 0.05) is 24.9 Å². The van der Waals surface area contributed by atoms with Gasteiger partial charge in [0.05, 0.1) is 5.03 Å². The predicted molar refractivity (Wildman–Crippen MR) is 43.8 cm³/mol. The van der Waals surface area contributed by atoms with E-state index in [1.165, 1.54) is 0 Å². The molecule has 2 nitrogen and oxygen atoms in total. The summed E-state index contributed by atoms with van der Waals surface area (Å²) in [5, 5.41) is 1.09. The molecule has 0 spiro atoms. The van der Waals surface area contributed by atoms with Gasteiger partial charge in [0.25, 0.3) is 0 Å². The van der Waals surface area contributed by atoms with Crippen LogP contribution in [-0.4, -0.2) is 30.0 Å². The molecule has 0 bridgehead atoms. The first kappa shape index (κ1) is 7.66. The second-order valence-corrected chi connectivity index (χ2v) is 3.45. The van der Waals surface area contributed by atoms with Gasteiger partial charge in [-0.15, -0.1) is 11.8 Å². The molecule has 0 aromatic carbocycles. The van der Waals surface area contributed by atoms with Gasteiger partial charge < -0.3 is 4.90 Å². The quantitative estimate of drug-likeness (QED) is 0.420. The highest BCUT2D eigenvalue weighted by molar-refractivity contribution is 8.03. The highest BCUT2D eigenvalue weighted by atomic mass is 32.2. The average Bonchev–Trinajstić information content (AvgIpc) is 2.20. The van der Waals surface area contributed by atoms with Gasteiger partial charge in [-0.3, -0.25) is 4.79 Å². The van der Waals surface area contributed by atoms with Crippen LogP contribution < -0.4 is 0 Å². The lowest BCUT2D eigenvalue weighted by Crippen LogP contribution is -2.21. The van der Waals surface area contributed by atoms with Crippen molar-refractivity contribution in [1.29, 1.82) is 0 Å². The molecule has 1 heterocycles. The minimum Gasteiger partial charge on any atom is -0.366 e. The lowest BCUT2D eigenvalue weighted by Gasteiger charge is -2.16. The van der Waals surface area contributed by atoms with Gasteiger partial charge in [-0.05, 0) is 6.92 Å². The third-order valence-electron chi connectivity index (χ3n) is 1.69. The standard InChI is InChI=1S/C7H11NOS/c1-6-5-10-7(3-4-9)8(6)2/h3-4,6H,5H2,1-2H3/b7-3-. The van der Waals surface area contributed by atoms with Crippen molar-refractivity contribution in [3.05, 3.63) is 11.1 Å². The Morgan fingerprint density at radius 1 is 1.80 bits per heavy atom. The SMILES string of the molecule is CC1CS/C(=C\C=O)N1C. The van der Waals surface area contributed by atoms with E-state index in [0.29, 0.717) is 6.04 Å². The predicted octanol–water partition coefficient (Wildman–Crippen LogP) is 1.09. The van der Waals surface area contributed by atoms with E-state index in [2.05, 4.69) is 11.8 Å². The zero-order valence-electron chi connectivity index (χ0n) is 6.20. The molecular weight excluding hydrogens is 146 g/mol. The molecule has 56 valence electrons. The topological polar surface area (TPSA) is 20.3 Å². The highest BCUT2D eigenvalue weighted by Gasteiger charge is 2.20. The van der Waals surface area contributed by atoms with Crippen molar-refractivity contribution in [3.63, 3.8) is 0 Å². The van der Waals surface area contributed by atoms with Crippen molar-refractivity contribution in [2.24, 2.45) is 0 Å². The summed E-state index contributed by atoms with van der Waals surface area (Å²) in [6.07, 6.45) is 2.46. The van der Waals surface area contributed by atoms with E-state index in [4.69, 9.17) is 0 Å². The Morgan fingerprint density at radius 2 is 2.50 bits per heavy atom. The van der Waals surface area contributed by atoms with Crippen LogP contribution in [0.15, 0.2) is 11.1 Å². The van der Waals surface area contributed by atoms with Gasteiger partial charge in [-0.2, -0.15) is 0 Å². The molecule has 0 radical (unpaired) electrons. The molecule has 0 amide bonds. The summed E-state index contributed by atoms with van der Waals surface area (Å²) < 4.78 is 0. The van der Waals surface area contributed by atoms with Crippen LogP contribution >= 0.6 is 11.8 Å². The number of hydrogen-bond acceptors (Lipinski definition) is 3. The molecule has 1 aliphatic heterocycles. The van der Waals surface area contributed by atoms with Gasteiger partial charge in [0.1, 0.15) is 6.29 Å². The van der Waals surface area contributed by atoms with E-state index >= 15 is 0 Å². The van der Waals surface area contributed by atoms with Gasteiger partial charge in [0.2, 0.25) is 0 Å². The van der Waals surface area contributed by atoms with Crippen molar-refractivity contribution in [2.75, 3.05) is 12.8 Å². The first-order valence-corrected chi connectivity index (χ1v) is 4.25. The summed E-state index contributed by atoms with van der Waals surface area (Å²) in [7, 11) is 2.01. The second kappa shape index (κ2) is 3.10. The van der Waals surface area contributed by atoms with Crippen LogP contribution in [0.3, 0.4) is 0 Å². The van der Waals surface area contributed by atoms with Crippen LogP contribution in [-0.2, 0) is 4.79 Å². The molecule has 0 aromatic heterocycles. The van der Waals surface area contributed by atoms with Crippen molar-refractivity contribution < 1.29 is 4.79 Å². The third-order valence-corrected chi connectivity index (χ3v) is 3.06. The first-order valence-electron chi connectivity index (χ1n) is 3.27. The molecular formula is C7H11NOS. The summed E-state index contributed by atoms with van der Waals surface area (Å²) in [5.41, 5.74) is 0. The molecule has 0 saturated carbocycles. The Bertz CT molecular complexity index is 167. The molecule has 1 fully saturated rings. The molecule has 0 aliphatic carbocycles. The molecule has 1 saturated heterocycles. The summed E-state index contributed by atoms with van der Waals surface area (Å²) in [6, 6.07) is 0.566. The fourth-order valence-corrected chi connectivity index (χ4v) is 2.03. The normalized spacial score (nSPS) is 29.6. The maximum Gasteiger partial charge on any atom is 0.145 e. The number of thioether (sulfide) groups is 1. The number of carbonyl (C=O) groups excluding carboxylic acids is 1. The Morgan fingerprint density at radius 3 is 2.90 bits per heavy atom. The van der Waals surface area contributed by atoms with Crippen LogP contribution in [0.1, 0.15) is 6.92 Å². The molecule has 10 heavy (non-hydrogen) atoms. The highest BCUT2D eigenvalue weighted by Crippen LogP contribution is 2.29. The maximum absolute atomic E-state index is 10.1. The number of carbonyl (C=O) groups is 1. The van der Waals surface area contributed by atoms with E-state index in [1.807, 2.05) is 7.05 Å². The number of aldehydes is 1. The molecule has 1 atom stereocenters. The summed E-state index contributed by atoms with van der Waals surface area (Å²) in [4.78, 5) is 12.2. The first-order chi connectivity index (χ1) is 4.75. The fraction of sp³-hybridized carbons (Fsp3) is 0.571. The van der Waals surface area contributed by atoms with E-state index in [1.54, 1.807) is 17.8 Å². The Kier molecular flexibility index (Phi) is 2.38. The van der Waals surface area contributed by atoms with Crippen molar-refractivity contribution >= 4 is 18.0 Å². The van der Waals surface area contributed by atoms with E-state index in [0.717, 1.165) is 17.1 Å². The van der Waals surface area contributed by atoms with Crippen LogP contribution in [0.5, 0.6) is 0 Å². The summed E-state index contributed by atoms with van der Waals surface area (Å²) in [5.74, 6) is 1.09. The molecule has 1 aliphatic rings. The zero-order chi connectivity index (χ0) is 7.56. The van der Waals surface area contributed by atoms with Gasteiger partial charge in [-0.1, -0.05) is 0 Å². The number of nitrogens with zero attached hydrogens (tertiary/aromatic N) is 1. The number of allylic oxidation sites excluding steroid dienone is 1. The minimum atomic E-state index is 0.566. The van der Waals surface area contributed by atoms with Crippen LogP contribution in [0.25, 0.3) is 0 Å². The second-order valence-electron chi connectivity index (χ2n) is 2.41. The van der Waals surface area contributed by atoms with Crippen LogP contribution in [0.2, 0.25) is 0 Å². The molecule has 3 heteroatoms. The lowest BCUT2D eigenvalue weighted by molar-refractivity contribution is -0.104. The van der Waals surface area contributed by atoms with E-state index in [9.17, 15) is 4.79 Å². The molecule has 1 unspecified atom stereocenters. The smallest absolute Gasteiger partial charge is 0.145 e. The minimum absolute atomic E-state index is 0.566. The van der Waals surface area contributed by atoms with Crippen LogP contribution in [0.4, 0.5) is 0 Å². The van der Waals surface area contributed by atoms with Gasteiger partial charge >= 0.3 is 0 Å². The lowest BCUT2D eigenvalue weighted by atomic mass is 10.4. The molecule has 0 aromatic rings. The summed E-state index contributed by atoms with van der Waals surface area (Å²) in [6.45, 7) is 2.15. The van der Waals surface area contributed by atoms with Gasteiger partial charge in [-0.25, -0.2) is 0 Å². The Labute approximate surface area is 65.3 Å². The third kappa shape index (κ3) is 1.34. The Balaban J connectivity index is 2.65. The van der Waals surface area contributed by atoms with Crippen LogP contribution in [0, 0.1) is 0 Å². The number of hydrogen-bond donors (Lipinski definition) is 0. The summed E-state index contributed by atoms with van der Waals surface area (Å²) >= 11 is 1.74. The zero-order valence-corrected chi connectivity index (χ0v) is 7.02. The van der Waals surface area contributed by atoms with Crippen molar-refractivity contribution in [1.82, 2.24) is 4.90 Å². The molecule has 0 N–H and O–H groups in total. The largest absolute Gasteiger partial charge is 0.366 e. The van der Waals surface area contributed by atoms with E-state index < -0.39 is 0 Å². The average molecular weight is 157 g/mol. The molecule has 1 rings (SSSR count). The monoisotopic (exact) mass is 157 g/mol. The van der Waals surface area contributed by atoms with E-state index in [-0.39, 0.29) is 0 Å². The van der Waals surface area contributed by atoms with Crippen molar-refractivity contribution in [2.45, 2.75) is 13.0 Å². The fourth-order valence-electron chi connectivity index (χ4n) is 0.861. The maximum atomic E-state index is 10.1.